The second kappa shape index (κ2) is 6.42. The van der Waals surface area contributed by atoms with E-state index < -0.39 is 17.0 Å². The predicted octanol–water partition coefficient (Wildman–Crippen LogP) is 5.15. The Labute approximate surface area is 126 Å². The van der Waals surface area contributed by atoms with Gasteiger partial charge >= 0.3 is 0 Å². The Balaban J connectivity index is 2.19. The highest BCUT2D eigenvalue weighted by Crippen LogP contribution is 2.33. The van der Waals surface area contributed by atoms with E-state index >= 15 is 0 Å². The van der Waals surface area contributed by atoms with Gasteiger partial charge in [-0.2, -0.15) is 0 Å². The van der Waals surface area contributed by atoms with E-state index in [-0.39, 0.29) is 0 Å². The molecule has 0 spiro atoms. The van der Waals surface area contributed by atoms with E-state index in [9.17, 15) is 8.78 Å². The maximum absolute atomic E-state index is 13.1. The van der Waals surface area contributed by atoms with Gasteiger partial charge in [0.15, 0.2) is 11.6 Å². The number of rotatable bonds is 4. The molecule has 2 rings (SSSR count). The first-order valence-corrected chi connectivity index (χ1v) is 6.74. The van der Waals surface area contributed by atoms with Crippen LogP contribution in [0.5, 0.6) is 5.75 Å². The van der Waals surface area contributed by atoms with Crippen molar-refractivity contribution in [1.29, 1.82) is 0 Å². The van der Waals surface area contributed by atoms with E-state index in [2.05, 4.69) is 0 Å². The highest BCUT2D eigenvalue weighted by Gasteiger charge is 2.14. The van der Waals surface area contributed by atoms with Gasteiger partial charge in [0.2, 0.25) is 0 Å². The van der Waals surface area contributed by atoms with E-state index in [1.54, 1.807) is 25.3 Å². The number of alkyl halides is 1. The van der Waals surface area contributed by atoms with Gasteiger partial charge in [0.05, 0.1) is 12.5 Å². The summed E-state index contributed by atoms with van der Waals surface area (Å²) in [5.41, 5.74) is 1.33. The molecule has 1 atom stereocenters. The first-order valence-electron chi connectivity index (χ1n) is 5.92. The maximum Gasteiger partial charge on any atom is 0.159 e. The topological polar surface area (TPSA) is 9.23 Å². The normalized spacial score (nSPS) is 12.2. The third-order valence-corrected chi connectivity index (χ3v) is 3.66. The molecule has 0 saturated carbocycles. The molecular weight excluding hydrogens is 305 g/mol. The second-order valence-corrected chi connectivity index (χ2v) is 5.24. The van der Waals surface area contributed by atoms with Crippen LogP contribution in [0.15, 0.2) is 36.4 Å². The Morgan fingerprint density at radius 1 is 1.10 bits per heavy atom. The van der Waals surface area contributed by atoms with E-state index in [4.69, 9.17) is 27.9 Å². The molecule has 0 aliphatic rings. The summed E-state index contributed by atoms with van der Waals surface area (Å²) in [6.45, 7) is 0. The Morgan fingerprint density at radius 3 is 2.45 bits per heavy atom. The van der Waals surface area contributed by atoms with E-state index in [0.29, 0.717) is 22.8 Å². The van der Waals surface area contributed by atoms with Crippen LogP contribution in [0.1, 0.15) is 16.5 Å². The fourth-order valence-corrected chi connectivity index (χ4v) is 2.60. The van der Waals surface area contributed by atoms with Crippen LogP contribution in [0.4, 0.5) is 8.78 Å². The van der Waals surface area contributed by atoms with E-state index in [1.807, 2.05) is 0 Å². The highest BCUT2D eigenvalue weighted by molar-refractivity contribution is 6.33. The molecule has 0 heterocycles. The van der Waals surface area contributed by atoms with Gasteiger partial charge in [0.25, 0.3) is 0 Å². The lowest BCUT2D eigenvalue weighted by Gasteiger charge is -2.13. The van der Waals surface area contributed by atoms with Gasteiger partial charge in [0.1, 0.15) is 5.75 Å². The molecule has 0 amide bonds. The predicted molar refractivity (Wildman–Crippen MR) is 76.7 cm³/mol. The van der Waals surface area contributed by atoms with Gasteiger partial charge in [-0.05, 0) is 41.8 Å². The molecule has 0 N–H and O–H groups in total. The summed E-state index contributed by atoms with van der Waals surface area (Å²) in [7, 11) is 1.55. The number of benzene rings is 2. The number of ether oxygens (including phenoxy) is 1. The molecule has 5 heteroatoms. The Bertz CT molecular complexity index is 617. The molecule has 0 radical (unpaired) electrons. The quantitative estimate of drug-likeness (QED) is 0.709. The first kappa shape index (κ1) is 15.1. The molecular formula is C15H12Cl2F2O. The third-order valence-electron chi connectivity index (χ3n) is 2.94. The molecule has 0 aliphatic carbocycles. The number of hydrogen-bond donors (Lipinski definition) is 0. The second-order valence-electron chi connectivity index (χ2n) is 4.31. The van der Waals surface area contributed by atoms with Crippen LogP contribution >= 0.6 is 23.2 Å². The standard InChI is InChI=1S/C15H12Cl2F2O/c1-20-10-3-4-11(13(17)8-10)12(16)6-9-2-5-14(18)15(19)7-9/h2-5,7-8,12H,6H2,1H3. The zero-order chi connectivity index (χ0) is 14.7. The summed E-state index contributed by atoms with van der Waals surface area (Å²) in [6.07, 6.45) is 0.352. The Hall–Kier alpha value is -1.32. The van der Waals surface area contributed by atoms with Gasteiger partial charge in [-0.1, -0.05) is 23.7 Å². The van der Waals surface area contributed by atoms with Gasteiger partial charge in [-0.15, -0.1) is 11.6 Å². The lowest BCUT2D eigenvalue weighted by molar-refractivity contribution is 0.414. The molecule has 20 heavy (non-hydrogen) atoms. The molecule has 0 aromatic heterocycles. The molecule has 106 valence electrons. The summed E-state index contributed by atoms with van der Waals surface area (Å²) in [5, 5.41) is 0.0465. The number of halogens is 4. The van der Waals surface area contributed by atoms with Crippen molar-refractivity contribution < 1.29 is 13.5 Å². The molecule has 2 aromatic rings. The van der Waals surface area contributed by atoms with E-state index in [1.165, 1.54) is 6.07 Å². The van der Waals surface area contributed by atoms with Crippen LogP contribution in [-0.4, -0.2) is 7.11 Å². The Kier molecular flexibility index (Phi) is 4.84. The first-order chi connectivity index (χ1) is 9.51. The van der Waals surface area contributed by atoms with Crippen molar-refractivity contribution in [2.45, 2.75) is 11.8 Å². The zero-order valence-electron chi connectivity index (χ0n) is 10.7. The fourth-order valence-electron chi connectivity index (χ4n) is 1.87. The van der Waals surface area contributed by atoms with Gasteiger partial charge < -0.3 is 4.74 Å². The van der Waals surface area contributed by atoms with Crippen LogP contribution in [0.3, 0.4) is 0 Å². The summed E-state index contributed by atoms with van der Waals surface area (Å²) in [5.74, 6) is -1.12. The maximum atomic E-state index is 13.1. The largest absolute Gasteiger partial charge is 0.497 e. The smallest absolute Gasteiger partial charge is 0.159 e. The van der Waals surface area contributed by atoms with Crippen molar-refractivity contribution >= 4 is 23.2 Å². The van der Waals surface area contributed by atoms with Gasteiger partial charge in [0, 0.05) is 5.02 Å². The lowest BCUT2D eigenvalue weighted by atomic mass is 10.0. The highest BCUT2D eigenvalue weighted by atomic mass is 35.5. The molecule has 2 aromatic carbocycles. The minimum absolute atomic E-state index is 0.352. The molecule has 0 aliphatic heterocycles. The minimum Gasteiger partial charge on any atom is -0.497 e. The number of hydrogen-bond acceptors (Lipinski definition) is 1. The number of methoxy groups -OCH3 is 1. The van der Waals surface area contributed by atoms with Crippen molar-refractivity contribution in [3.63, 3.8) is 0 Å². The molecule has 0 fully saturated rings. The SMILES string of the molecule is COc1ccc(C(Cl)Cc2ccc(F)c(F)c2)c(Cl)c1. The third kappa shape index (κ3) is 3.41. The van der Waals surface area contributed by atoms with Crippen LogP contribution in [0, 0.1) is 11.6 Å². The van der Waals surface area contributed by atoms with Crippen molar-refractivity contribution in [1.82, 2.24) is 0 Å². The summed E-state index contributed by atoms with van der Waals surface area (Å²) in [6, 6.07) is 8.91. The molecule has 1 unspecified atom stereocenters. The van der Waals surface area contributed by atoms with Crippen molar-refractivity contribution in [3.05, 3.63) is 64.2 Å². The van der Waals surface area contributed by atoms with Crippen molar-refractivity contribution in [2.24, 2.45) is 0 Å². The average Bonchev–Trinajstić information content (AvgIpc) is 2.42. The van der Waals surface area contributed by atoms with Crippen LogP contribution < -0.4 is 4.74 Å². The van der Waals surface area contributed by atoms with E-state index in [0.717, 1.165) is 17.7 Å². The monoisotopic (exact) mass is 316 g/mol. The van der Waals surface area contributed by atoms with Crippen LogP contribution in [0.25, 0.3) is 0 Å². The van der Waals surface area contributed by atoms with Gasteiger partial charge in [-0.3, -0.25) is 0 Å². The van der Waals surface area contributed by atoms with Crippen molar-refractivity contribution in [2.75, 3.05) is 7.11 Å². The summed E-state index contributed by atoms with van der Waals surface area (Å²) >= 11 is 12.4. The van der Waals surface area contributed by atoms with Crippen LogP contribution in [0.2, 0.25) is 5.02 Å². The summed E-state index contributed by atoms with van der Waals surface area (Å²) in [4.78, 5) is 0. The fraction of sp³-hybridized carbons (Fsp3) is 0.200. The average molecular weight is 317 g/mol. The van der Waals surface area contributed by atoms with Crippen molar-refractivity contribution in [3.8, 4) is 5.75 Å². The Morgan fingerprint density at radius 2 is 1.85 bits per heavy atom. The zero-order valence-corrected chi connectivity index (χ0v) is 12.2. The molecule has 1 nitrogen and oxygen atoms in total. The molecule has 0 saturated heterocycles. The van der Waals surface area contributed by atoms with Gasteiger partial charge in [-0.25, -0.2) is 8.78 Å². The lowest BCUT2D eigenvalue weighted by Crippen LogP contribution is -1.98. The summed E-state index contributed by atoms with van der Waals surface area (Å²) < 4.78 is 31.1. The van der Waals surface area contributed by atoms with Crippen LogP contribution in [-0.2, 0) is 6.42 Å². The minimum atomic E-state index is -0.882. The molecule has 0 bridgehead atoms.